The summed E-state index contributed by atoms with van der Waals surface area (Å²) >= 11 is 0. The second kappa shape index (κ2) is 5.31. The first-order valence-electron chi connectivity index (χ1n) is 6.43. The first kappa shape index (κ1) is 13.0. The van der Waals surface area contributed by atoms with Gasteiger partial charge in [0.05, 0.1) is 0 Å². The summed E-state index contributed by atoms with van der Waals surface area (Å²) in [4.78, 5) is 0. The Labute approximate surface area is 95.2 Å². The summed E-state index contributed by atoms with van der Waals surface area (Å²) < 4.78 is 0. The number of hydrogen-bond acceptors (Lipinski definition) is 2. The van der Waals surface area contributed by atoms with Crippen molar-refractivity contribution in [2.45, 2.75) is 58.9 Å². The molecule has 0 saturated heterocycles. The lowest BCUT2D eigenvalue weighted by molar-refractivity contribution is 0.288. The smallest absolute Gasteiger partial charge is 0.0249 e. The van der Waals surface area contributed by atoms with E-state index in [1.165, 1.54) is 32.2 Å². The lowest BCUT2D eigenvalue weighted by atomic mass is 9.88. The zero-order valence-electron chi connectivity index (χ0n) is 10.9. The Balaban J connectivity index is 2.20. The standard InChI is InChI=1S/C13H28N2/c1-5-15-12(2,3)10-14-11-13(4)8-6-7-9-13/h14-15H,5-11H2,1-4H3. The third kappa shape index (κ3) is 4.52. The molecule has 0 aliphatic heterocycles. The normalized spacial score (nSPS) is 20.8. The van der Waals surface area contributed by atoms with Crippen molar-refractivity contribution in [3.63, 3.8) is 0 Å². The predicted octanol–water partition coefficient (Wildman–Crippen LogP) is 2.54. The molecule has 2 N–H and O–H groups in total. The number of rotatable bonds is 6. The number of nitrogens with one attached hydrogen (secondary N) is 2. The summed E-state index contributed by atoms with van der Waals surface area (Å²) in [6.07, 6.45) is 5.66. The summed E-state index contributed by atoms with van der Waals surface area (Å²) in [6, 6.07) is 0. The van der Waals surface area contributed by atoms with Gasteiger partial charge in [-0.1, -0.05) is 26.7 Å². The topological polar surface area (TPSA) is 24.1 Å². The fraction of sp³-hybridized carbons (Fsp3) is 1.00. The fourth-order valence-corrected chi connectivity index (χ4v) is 2.62. The lowest BCUT2D eigenvalue weighted by Crippen LogP contribution is -2.49. The van der Waals surface area contributed by atoms with Gasteiger partial charge in [0.25, 0.3) is 0 Å². The summed E-state index contributed by atoms with van der Waals surface area (Å²) in [5, 5.41) is 7.13. The van der Waals surface area contributed by atoms with Crippen molar-refractivity contribution < 1.29 is 0 Å². The van der Waals surface area contributed by atoms with Crippen LogP contribution in [-0.2, 0) is 0 Å². The van der Waals surface area contributed by atoms with E-state index in [0.29, 0.717) is 5.41 Å². The quantitative estimate of drug-likeness (QED) is 0.707. The second-order valence-corrected chi connectivity index (χ2v) is 6.04. The third-order valence-electron chi connectivity index (χ3n) is 3.58. The van der Waals surface area contributed by atoms with Gasteiger partial charge >= 0.3 is 0 Å². The molecule has 0 aromatic rings. The minimum Gasteiger partial charge on any atom is -0.314 e. The molecular weight excluding hydrogens is 184 g/mol. The highest BCUT2D eigenvalue weighted by Crippen LogP contribution is 2.36. The van der Waals surface area contributed by atoms with Crippen molar-refractivity contribution in [3.8, 4) is 0 Å². The Hall–Kier alpha value is -0.0800. The van der Waals surface area contributed by atoms with Gasteiger partial charge in [-0.15, -0.1) is 0 Å². The highest BCUT2D eigenvalue weighted by Gasteiger charge is 2.28. The molecule has 0 unspecified atom stereocenters. The van der Waals surface area contributed by atoms with Gasteiger partial charge in [0, 0.05) is 18.6 Å². The molecule has 15 heavy (non-hydrogen) atoms. The van der Waals surface area contributed by atoms with Crippen LogP contribution in [0.4, 0.5) is 0 Å². The highest BCUT2D eigenvalue weighted by molar-refractivity contribution is 4.85. The van der Waals surface area contributed by atoms with E-state index < -0.39 is 0 Å². The minimum absolute atomic E-state index is 0.226. The van der Waals surface area contributed by atoms with Crippen LogP contribution in [0.25, 0.3) is 0 Å². The molecule has 90 valence electrons. The highest BCUT2D eigenvalue weighted by atomic mass is 15.0. The SMILES string of the molecule is CCNC(C)(C)CNCC1(C)CCCC1. The van der Waals surface area contributed by atoms with E-state index in [9.17, 15) is 0 Å². The molecule has 1 rings (SSSR count). The Morgan fingerprint density at radius 2 is 1.80 bits per heavy atom. The van der Waals surface area contributed by atoms with Gasteiger partial charge in [-0.2, -0.15) is 0 Å². The fourth-order valence-electron chi connectivity index (χ4n) is 2.62. The largest absolute Gasteiger partial charge is 0.314 e. The zero-order chi connectivity index (χ0) is 11.4. The van der Waals surface area contributed by atoms with Crippen molar-refractivity contribution in [2.75, 3.05) is 19.6 Å². The summed E-state index contributed by atoms with van der Waals surface area (Å²) in [5.41, 5.74) is 0.798. The zero-order valence-corrected chi connectivity index (χ0v) is 10.9. The molecule has 0 heterocycles. The van der Waals surface area contributed by atoms with Crippen molar-refractivity contribution in [3.05, 3.63) is 0 Å². The van der Waals surface area contributed by atoms with E-state index in [2.05, 4.69) is 38.3 Å². The molecule has 0 bridgehead atoms. The van der Waals surface area contributed by atoms with Crippen molar-refractivity contribution >= 4 is 0 Å². The van der Waals surface area contributed by atoms with Crippen LogP contribution in [0.2, 0.25) is 0 Å². The Morgan fingerprint density at radius 3 is 2.33 bits per heavy atom. The van der Waals surface area contributed by atoms with E-state index in [1.807, 2.05) is 0 Å². The Kier molecular flexibility index (Phi) is 4.60. The average Bonchev–Trinajstić information content (AvgIpc) is 2.51. The second-order valence-electron chi connectivity index (χ2n) is 6.04. The molecule has 1 aliphatic carbocycles. The first-order chi connectivity index (χ1) is 6.97. The molecule has 0 spiro atoms. The molecule has 2 nitrogen and oxygen atoms in total. The molecule has 0 atom stereocenters. The van der Waals surface area contributed by atoms with Crippen LogP contribution in [0.5, 0.6) is 0 Å². The Bertz CT molecular complexity index is 181. The van der Waals surface area contributed by atoms with E-state index in [-0.39, 0.29) is 5.54 Å². The van der Waals surface area contributed by atoms with Gasteiger partial charge in [-0.05, 0) is 38.6 Å². The van der Waals surface area contributed by atoms with E-state index >= 15 is 0 Å². The van der Waals surface area contributed by atoms with Crippen LogP contribution < -0.4 is 10.6 Å². The predicted molar refractivity (Wildman–Crippen MR) is 67.2 cm³/mol. The van der Waals surface area contributed by atoms with Crippen LogP contribution >= 0.6 is 0 Å². The summed E-state index contributed by atoms with van der Waals surface area (Å²) in [6.45, 7) is 12.4. The molecule has 0 amide bonds. The lowest BCUT2D eigenvalue weighted by Gasteiger charge is -2.30. The maximum atomic E-state index is 3.63. The summed E-state index contributed by atoms with van der Waals surface area (Å²) in [7, 11) is 0. The molecule has 1 aliphatic rings. The van der Waals surface area contributed by atoms with Gasteiger partial charge < -0.3 is 10.6 Å². The maximum absolute atomic E-state index is 3.63. The maximum Gasteiger partial charge on any atom is 0.0249 e. The van der Waals surface area contributed by atoms with Gasteiger partial charge in [0.2, 0.25) is 0 Å². The minimum atomic E-state index is 0.226. The van der Waals surface area contributed by atoms with Crippen molar-refractivity contribution in [1.82, 2.24) is 10.6 Å². The first-order valence-corrected chi connectivity index (χ1v) is 6.43. The van der Waals surface area contributed by atoms with Crippen LogP contribution in [0, 0.1) is 5.41 Å². The van der Waals surface area contributed by atoms with Crippen molar-refractivity contribution in [1.29, 1.82) is 0 Å². The summed E-state index contributed by atoms with van der Waals surface area (Å²) in [5.74, 6) is 0. The molecule has 0 aromatic heterocycles. The Morgan fingerprint density at radius 1 is 1.20 bits per heavy atom. The van der Waals surface area contributed by atoms with Crippen LogP contribution in [0.1, 0.15) is 53.4 Å². The molecule has 1 saturated carbocycles. The molecular formula is C13H28N2. The molecule has 1 fully saturated rings. The number of likely N-dealkylation sites (N-methyl/N-ethyl adjacent to an activating group) is 1. The van der Waals surface area contributed by atoms with Crippen LogP contribution in [-0.4, -0.2) is 25.2 Å². The van der Waals surface area contributed by atoms with Gasteiger partial charge in [-0.3, -0.25) is 0 Å². The van der Waals surface area contributed by atoms with Gasteiger partial charge in [-0.25, -0.2) is 0 Å². The van der Waals surface area contributed by atoms with Gasteiger partial charge in [0.1, 0.15) is 0 Å². The van der Waals surface area contributed by atoms with Crippen LogP contribution in [0.3, 0.4) is 0 Å². The monoisotopic (exact) mass is 212 g/mol. The molecule has 0 radical (unpaired) electrons. The molecule has 0 aromatic carbocycles. The third-order valence-corrected chi connectivity index (χ3v) is 3.58. The van der Waals surface area contributed by atoms with E-state index in [4.69, 9.17) is 0 Å². The van der Waals surface area contributed by atoms with E-state index in [0.717, 1.165) is 13.1 Å². The van der Waals surface area contributed by atoms with Crippen molar-refractivity contribution in [2.24, 2.45) is 5.41 Å². The van der Waals surface area contributed by atoms with E-state index in [1.54, 1.807) is 0 Å². The van der Waals surface area contributed by atoms with Gasteiger partial charge in [0.15, 0.2) is 0 Å². The number of hydrogen-bond donors (Lipinski definition) is 2. The van der Waals surface area contributed by atoms with Crippen LogP contribution in [0.15, 0.2) is 0 Å². The molecule has 2 heteroatoms. The average molecular weight is 212 g/mol.